The molecule has 3 aromatic carbocycles. The lowest BCUT2D eigenvalue weighted by Gasteiger charge is -2.06. The lowest BCUT2D eigenvalue weighted by atomic mass is 10.0. The third-order valence-corrected chi connectivity index (χ3v) is 8.16. The molecule has 0 bridgehead atoms. The van der Waals surface area contributed by atoms with Crippen LogP contribution in [0.4, 0.5) is 0 Å². The number of nitrogens with one attached hydrogen (secondary N) is 1. The van der Waals surface area contributed by atoms with Crippen LogP contribution in [0, 0.1) is 0 Å². The zero-order valence-corrected chi connectivity index (χ0v) is 20.3. The van der Waals surface area contributed by atoms with Crippen LogP contribution in [0.3, 0.4) is 0 Å². The van der Waals surface area contributed by atoms with Crippen molar-refractivity contribution in [3.05, 3.63) is 82.9 Å². The van der Waals surface area contributed by atoms with Crippen molar-refractivity contribution in [1.29, 1.82) is 0 Å². The van der Waals surface area contributed by atoms with Crippen molar-refractivity contribution in [3.8, 4) is 0 Å². The Labute approximate surface area is 203 Å². The third-order valence-electron chi connectivity index (χ3n) is 4.55. The minimum Gasteiger partial charge on any atom is -0.272 e. The topological polar surface area (TPSA) is 67.2 Å². The zero-order chi connectivity index (χ0) is 22.3. The van der Waals surface area contributed by atoms with E-state index in [4.69, 9.17) is 11.6 Å². The van der Waals surface area contributed by atoms with Gasteiger partial charge >= 0.3 is 0 Å². The van der Waals surface area contributed by atoms with Crippen LogP contribution in [0.25, 0.3) is 10.8 Å². The van der Waals surface area contributed by atoms with E-state index in [1.807, 2.05) is 55.5 Å². The second-order valence-corrected chi connectivity index (χ2v) is 10.6. The van der Waals surface area contributed by atoms with Gasteiger partial charge in [0.2, 0.25) is 0 Å². The molecule has 0 radical (unpaired) electrons. The monoisotopic (exact) mass is 498 g/mol. The second-order valence-electron chi connectivity index (χ2n) is 6.76. The molecule has 0 spiro atoms. The van der Waals surface area contributed by atoms with Crippen molar-refractivity contribution >= 4 is 68.9 Å². The van der Waals surface area contributed by atoms with Crippen LogP contribution >= 0.6 is 46.5 Å². The number of hydrogen-bond donors (Lipinski definition) is 1. The van der Waals surface area contributed by atoms with Crippen molar-refractivity contribution in [2.24, 2.45) is 5.10 Å². The Kier molecular flexibility index (Phi) is 7.81. The van der Waals surface area contributed by atoms with Gasteiger partial charge in [0.1, 0.15) is 0 Å². The van der Waals surface area contributed by atoms with Crippen LogP contribution in [0.2, 0.25) is 5.02 Å². The Morgan fingerprint density at radius 3 is 2.56 bits per heavy atom. The molecule has 4 rings (SSSR count). The number of aromatic nitrogens is 2. The third kappa shape index (κ3) is 5.89. The number of thioether (sulfide) groups is 2. The second kappa shape index (κ2) is 11.0. The molecule has 0 saturated carbocycles. The summed E-state index contributed by atoms with van der Waals surface area (Å²) >= 11 is 10.6. The molecule has 0 saturated heterocycles. The molecule has 0 atom stereocenters. The Hall–Kier alpha value is -2.39. The van der Waals surface area contributed by atoms with E-state index in [0.717, 1.165) is 47.1 Å². The fourth-order valence-electron chi connectivity index (χ4n) is 2.98. The average molecular weight is 499 g/mol. The maximum absolute atomic E-state index is 12.3. The van der Waals surface area contributed by atoms with Gasteiger partial charge in [-0.25, -0.2) is 5.43 Å². The van der Waals surface area contributed by atoms with Gasteiger partial charge in [-0.15, -0.1) is 10.2 Å². The molecule has 9 heteroatoms. The van der Waals surface area contributed by atoms with E-state index in [0.29, 0.717) is 0 Å². The van der Waals surface area contributed by atoms with Crippen LogP contribution in [-0.4, -0.2) is 27.6 Å². The average Bonchev–Trinajstić information content (AvgIpc) is 3.28. The number of amides is 1. The van der Waals surface area contributed by atoms with Crippen LogP contribution in [-0.2, 0) is 10.5 Å². The summed E-state index contributed by atoms with van der Waals surface area (Å²) in [6, 6.07) is 21.9. The molecular formula is C23H19ClN4OS3. The normalized spacial score (nSPS) is 11.6. The standard InChI is InChI=1S/C23H19ClN4OS3/c1-15(18-11-6-9-16-7-2-4-10-19(16)18)25-26-21(29)14-31-23-28-27-22(32-23)30-13-17-8-3-5-12-20(17)24/h2-12H,13-14H2,1H3,(H,26,29). The van der Waals surface area contributed by atoms with E-state index in [-0.39, 0.29) is 11.7 Å². The van der Waals surface area contributed by atoms with Crippen LogP contribution in [0.1, 0.15) is 18.1 Å². The molecule has 4 aromatic rings. The number of fused-ring (bicyclic) bond motifs is 1. The van der Waals surface area contributed by atoms with Crippen molar-refractivity contribution in [2.45, 2.75) is 21.4 Å². The fraction of sp³-hybridized carbons (Fsp3) is 0.130. The number of benzene rings is 3. The molecule has 32 heavy (non-hydrogen) atoms. The molecule has 5 nitrogen and oxygen atoms in total. The van der Waals surface area contributed by atoms with Gasteiger partial charge in [0.05, 0.1) is 11.5 Å². The largest absolute Gasteiger partial charge is 0.272 e. The van der Waals surface area contributed by atoms with Crippen molar-refractivity contribution in [1.82, 2.24) is 15.6 Å². The summed E-state index contributed by atoms with van der Waals surface area (Å²) in [6.45, 7) is 1.89. The van der Waals surface area contributed by atoms with Crippen LogP contribution < -0.4 is 5.43 Å². The molecule has 0 aliphatic carbocycles. The summed E-state index contributed by atoms with van der Waals surface area (Å²) in [5.41, 5.74) is 5.46. The van der Waals surface area contributed by atoms with Crippen molar-refractivity contribution in [2.75, 3.05) is 5.75 Å². The first-order valence-corrected chi connectivity index (χ1v) is 12.9. The van der Waals surface area contributed by atoms with Crippen molar-refractivity contribution in [3.63, 3.8) is 0 Å². The Morgan fingerprint density at radius 2 is 1.72 bits per heavy atom. The number of carbonyl (C=O) groups excluding carboxylic acids is 1. The molecule has 0 fully saturated rings. The summed E-state index contributed by atoms with van der Waals surface area (Å²) in [4.78, 5) is 12.3. The summed E-state index contributed by atoms with van der Waals surface area (Å²) in [6.07, 6.45) is 0. The number of hydrazone groups is 1. The van der Waals surface area contributed by atoms with E-state index in [9.17, 15) is 4.79 Å². The maximum atomic E-state index is 12.3. The summed E-state index contributed by atoms with van der Waals surface area (Å²) < 4.78 is 1.59. The van der Waals surface area contributed by atoms with E-state index in [1.165, 1.54) is 23.1 Å². The number of halogens is 1. The first-order chi connectivity index (χ1) is 15.6. The first-order valence-electron chi connectivity index (χ1n) is 9.74. The molecule has 1 heterocycles. The van der Waals surface area contributed by atoms with Gasteiger partial charge in [0.25, 0.3) is 5.91 Å². The molecule has 1 N–H and O–H groups in total. The highest BCUT2D eigenvalue weighted by molar-refractivity contribution is 8.03. The lowest BCUT2D eigenvalue weighted by molar-refractivity contribution is -0.118. The minimum atomic E-state index is -0.185. The van der Waals surface area contributed by atoms with Gasteiger partial charge in [0.15, 0.2) is 8.68 Å². The smallest absolute Gasteiger partial charge is 0.250 e. The van der Waals surface area contributed by atoms with Crippen LogP contribution in [0.5, 0.6) is 0 Å². The minimum absolute atomic E-state index is 0.185. The van der Waals surface area contributed by atoms with Gasteiger partial charge in [-0.1, -0.05) is 107 Å². The van der Waals surface area contributed by atoms with E-state index < -0.39 is 0 Å². The molecule has 0 aliphatic rings. The Balaban J connectivity index is 1.29. The maximum Gasteiger partial charge on any atom is 0.250 e. The van der Waals surface area contributed by atoms with E-state index in [2.05, 4.69) is 38.9 Å². The molecule has 1 aromatic heterocycles. The summed E-state index contributed by atoms with van der Waals surface area (Å²) in [5.74, 6) is 0.757. The highest BCUT2D eigenvalue weighted by atomic mass is 35.5. The number of nitrogens with zero attached hydrogens (tertiary/aromatic N) is 3. The van der Waals surface area contributed by atoms with Crippen LogP contribution in [0.15, 0.2) is 80.5 Å². The molecule has 0 unspecified atom stereocenters. The molecule has 1 amide bonds. The zero-order valence-electron chi connectivity index (χ0n) is 17.1. The first kappa shape index (κ1) is 22.8. The number of rotatable bonds is 8. The quantitative estimate of drug-likeness (QED) is 0.176. The van der Waals surface area contributed by atoms with E-state index >= 15 is 0 Å². The summed E-state index contributed by atoms with van der Waals surface area (Å²) in [5, 5.41) is 15.6. The fourth-order valence-corrected chi connectivity index (χ4v) is 6.07. The van der Waals surface area contributed by atoms with Gasteiger partial charge in [-0.3, -0.25) is 4.79 Å². The van der Waals surface area contributed by atoms with Gasteiger partial charge in [-0.05, 0) is 29.3 Å². The highest BCUT2D eigenvalue weighted by Crippen LogP contribution is 2.32. The SMILES string of the molecule is CC(=NNC(=O)CSc1nnc(SCc2ccccc2Cl)s1)c1cccc2ccccc12. The molecule has 162 valence electrons. The van der Waals surface area contributed by atoms with Gasteiger partial charge < -0.3 is 0 Å². The van der Waals surface area contributed by atoms with Gasteiger partial charge in [0, 0.05) is 16.3 Å². The number of hydrogen-bond acceptors (Lipinski definition) is 7. The van der Waals surface area contributed by atoms with Crippen molar-refractivity contribution < 1.29 is 4.79 Å². The number of carbonyl (C=O) groups is 1. The predicted molar refractivity (Wildman–Crippen MR) is 136 cm³/mol. The Bertz CT molecular complexity index is 1270. The summed E-state index contributed by atoms with van der Waals surface area (Å²) in [7, 11) is 0. The lowest BCUT2D eigenvalue weighted by Crippen LogP contribution is -2.21. The highest BCUT2D eigenvalue weighted by Gasteiger charge is 2.10. The Morgan fingerprint density at radius 1 is 1.00 bits per heavy atom. The predicted octanol–water partition coefficient (Wildman–Crippen LogP) is 6.27. The molecular weight excluding hydrogens is 480 g/mol. The van der Waals surface area contributed by atoms with Gasteiger partial charge in [-0.2, -0.15) is 5.10 Å². The van der Waals surface area contributed by atoms with E-state index in [1.54, 1.807) is 11.8 Å². The molecule has 0 aliphatic heterocycles.